The van der Waals surface area contributed by atoms with Crippen LogP contribution < -0.4 is 0 Å². The Kier molecular flexibility index (Phi) is 6.98. The Labute approximate surface area is 149 Å². The molecule has 0 heterocycles. The highest BCUT2D eigenvalue weighted by atomic mass is 16.1. The molecule has 1 fully saturated rings. The van der Waals surface area contributed by atoms with Gasteiger partial charge in [0.05, 0.1) is 0 Å². The Balaban J connectivity index is 1.37. The Morgan fingerprint density at radius 1 is 0.792 bits per heavy atom. The third kappa shape index (κ3) is 4.96. The highest BCUT2D eigenvalue weighted by Gasteiger charge is 2.32. The lowest BCUT2D eigenvalue weighted by molar-refractivity contribution is -0.118. The van der Waals surface area contributed by atoms with Gasteiger partial charge in [-0.15, -0.1) is 0 Å². The summed E-state index contributed by atoms with van der Waals surface area (Å²) in [5.41, 5.74) is 3.24. The Morgan fingerprint density at radius 3 is 2.38 bits per heavy atom. The molecule has 0 saturated heterocycles. The smallest absolute Gasteiger partial charge is 0.137 e. The number of hydrogen-bond acceptors (Lipinski definition) is 1. The molecule has 0 radical (unpaired) electrons. The minimum Gasteiger partial charge on any atom is -0.299 e. The Hall–Kier alpha value is -0.590. The van der Waals surface area contributed by atoms with E-state index in [0.717, 1.165) is 37.0 Å². The van der Waals surface area contributed by atoms with Crippen molar-refractivity contribution in [2.75, 3.05) is 0 Å². The van der Waals surface area contributed by atoms with E-state index in [0.29, 0.717) is 5.78 Å². The number of ketones is 1. The van der Waals surface area contributed by atoms with Gasteiger partial charge in [0.25, 0.3) is 0 Å². The molecule has 1 atom stereocenters. The van der Waals surface area contributed by atoms with Crippen molar-refractivity contribution in [3.63, 3.8) is 0 Å². The van der Waals surface area contributed by atoms with Crippen LogP contribution in [0.25, 0.3) is 0 Å². The molecule has 0 amide bonds. The van der Waals surface area contributed by atoms with Crippen molar-refractivity contribution in [2.45, 2.75) is 110 Å². The molecule has 3 rings (SSSR count). The van der Waals surface area contributed by atoms with Gasteiger partial charge in [0.15, 0.2) is 0 Å². The SMILES string of the molecule is CCCCCCCC1CCC(C2CCC3=C(CCC(=O)C3)C2)CC1. The van der Waals surface area contributed by atoms with Crippen molar-refractivity contribution in [1.29, 1.82) is 0 Å². The third-order valence-electron chi connectivity index (χ3n) is 7.22. The number of carbonyl (C=O) groups excluding carboxylic acids is 1. The molecule has 3 aliphatic rings. The molecular formula is C23H38O. The predicted octanol–water partition coefficient (Wildman–Crippen LogP) is 7.00. The molecule has 3 aliphatic carbocycles. The number of rotatable bonds is 7. The van der Waals surface area contributed by atoms with Gasteiger partial charge in [-0.2, -0.15) is 0 Å². The summed E-state index contributed by atoms with van der Waals surface area (Å²) < 4.78 is 0. The molecule has 1 nitrogen and oxygen atoms in total. The van der Waals surface area contributed by atoms with Crippen LogP contribution in [0.3, 0.4) is 0 Å². The molecule has 136 valence electrons. The third-order valence-corrected chi connectivity index (χ3v) is 7.22. The van der Waals surface area contributed by atoms with Gasteiger partial charge in [0, 0.05) is 12.8 Å². The van der Waals surface area contributed by atoms with Crippen molar-refractivity contribution in [1.82, 2.24) is 0 Å². The molecule has 0 aromatic carbocycles. The minimum atomic E-state index is 0.492. The zero-order valence-electron chi connectivity index (χ0n) is 16.0. The van der Waals surface area contributed by atoms with Gasteiger partial charge < -0.3 is 0 Å². The summed E-state index contributed by atoms with van der Waals surface area (Å²) in [5, 5.41) is 0. The molecule has 0 spiro atoms. The maximum Gasteiger partial charge on any atom is 0.137 e. The van der Waals surface area contributed by atoms with E-state index in [1.54, 1.807) is 11.1 Å². The topological polar surface area (TPSA) is 17.1 Å². The van der Waals surface area contributed by atoms with Gasteiger partial charge in [-0.1, -0.05) is 69.4 Å². The van der Waals surface area contributed by atoms with Crippen LogP contribution >= 0.6 is 0 Å². The Bertz CT molecular complexity index is 439. The van der Waals surface area contributed by atoms with Crippen LogP contribution in [0.2, 0.25) is 0 Å². The maximum atomic E-state index is 11.6. The number of carbonyl (C=O) groups is 1. The first kappa shape index (κ1) is 18.2. The summed E-state index contributed by atoms with van der Waals surface area (Å²) in [6, 6.07) is 0. The van der Waals surface area contributed by atoms with Crippen LogP contribution in [0, 0.1) is 17.8 Å². The lowest BCUT2D eigenvalue weighted by Gasteiger charge is -2.38. The second-order valence-corrected chi connectivity index (χ2v) is 8.91. The molecule has 0 aromatic rings. The minimum absolute atomic E-state index is 0.492. The van der Waals surface area contributed by atoms with Gasteiger partial charge in [0.1, 0.15) is 5.78 Å². The van der Waals surface area contributed by atoms with Crippen LogP contribution in [0.1, 0.15) is 110 Å². The van der Waals surface area contributed by atoms with Gasteiger partial charge in [-0.25, -0.2) is 0 Å². The lowest BCUT2D eigenvalue weighted by Crippen LogP contribution is -2.26. The maximum absolute atomic E-state index is 11.6. The van der Waals surface area contributed by atoms with Gasteiger partial charge in [-0.3, -0.25) is 4.79 Å². The second kappa shape index (κ2) is 9.20. The summed E-state index contributed by atoms with van der Waals surface area (Å²) in [4.78, 5) is 11.6. The van der Waals surface area contributed by atoms with Crippen LogP contribution in [0.4, 0.5) is 0 Å². The predicted molar refractivity (Wildman–Crippen MR) is 102 cm³/mol. The van der Waals surface area contributed by atoms with E-state index in [1.807, 2.05) is 0 Å². The van der Waals surface area contributed by atoms with Crippen molar-refractivity contribution in [3.8, 4) is 0 Å². The second-order valence-electron chi connectivity index (χ2n) is 8.91. The van der Waals surface area contributed by atoms with E-state index in [2.05, 4.69) is 6.92 Å². The first-order valence-electron chi connectivity index (χ1n) is 11.0. The van der Waals surface area contributed by atoms with Gasteiger partial charge in [0.2, 0.25) is 0 Å². The molecule has 1 saturated carbocycles. The van der Waals surface area contributed by atoms with Crippen LogP contribution in [0.5, 0.6) is 0 Å². The number of allylic oxidation sites excluding steroid dienone is 2. The summed E-state index contributed by atoms with van der Waals surface area (Å²) in [5.74, 6) is 3.47. The molecule has 0 aliphatic heterocycles. The van der Waals surface area contributed by atoms with Crippen molar-refractivity contribution in [3.05, 3.63) is 11.1 Å². The average molecular weight is 331 g/mol. The summed E-state index contributed by atoms with van der Waals surface area (Å²) in [7, 11) is 0. The number of hydrogen-bond donors (Lipinski definition) is 0. The molecule has 0 bridgehead atoms. The Morgan fingerprint density at radius 2 is 1.58 bits per heavy atom. The first-order chi connectivity index (χ1) is 11.8. The van der Waals surface area contributed by atoms with Crippen LogP contribution in [-0.4, -0.2) is 5.78 Å². The van der Waals surface area contributed by atoms with E-state index in [9.17, 15) is 4.79 Å². The van der Waals surface area contributed by atoms with Crippen molar-refractivity contribution in [2.24, 2.45) is 17.8 Å². The van der Waals surface area contributed by atoms with Gasteiger partial charge >= 0.3 is 0 Å². The van der Waals surface area contributed by atoms with E-state index in [4.69, 9.17) is 0 Å². The standard InChI is InChI=1S/C23H38O/c1-2-3-4-5-6-7-18-8-10-19(11-9-18)20-12-13-22-17-23(24)15-14-21(22)16-20/h18-20H,2-17H2,1H3. The average Bonchev–Trinajstić information content (AvgIpc) is 2.62. The first-order valence-corrected chi connectivity index (χ1v) is 11.0. The van der Waals surface area contributed by atoms with Crippen molar-refractivity contribution < 1.29 is 4.79 Å². The van der Waals surface area contributed by atoms with E-state index in [-0.39, 0.29) is 0 Å². The summed E-state index contributed by atoms with van der Waals surface area (Å²) >= 11 is 0. The number of unbranched alkanes of at least 4 members (excludes halogenated alkanes) is 4. The summed E-state index contributed by atoms with van der Waals surface area (Å²) in [6.07, 6.45) is 21.3. The highest BCUT2D eigenvalue weighted by Crippen LogP contribution is 2.45. The van der Waals surface area contributed by atoms with E-state index >= 15 is 0 Å². The molecule has 0 aromatic heterocycles. The highest BCUT2D eigenvalue weighted by molar-refractivity contribution is 5.82. The zero-order valence-corrected chi connectivity index (χ0v) is 16.0. The number of Topliss-reactive ketones (excluding diaryl/α,β-unsaturated/α-hetero) is 1. The fraction of sp³-hybridized carbons (Fsp3) is 0.870. The van der Waals surface area contributed by atoms with Crippen LogP contribution in [0.15, 0.2) is 11.1 Å². The lowest BCUT2D eigenvalue weighted by atomic mass is 9.67. The molecular weight excluding hydrogens is 292 g/mol. The van der Waals surface area contributed by atoms with E-state index in [1.165, 1.54) is 83.5 Å². The zero-order chi connectivity index (χ0) is 16.8. The van der Waals surface area contributed by atoms with Crippen LogP contribution in [-0.2, 0) is 4.79 Å². The van der Waals surface area contributed by atoms with Gasteiger partial charge in [-0.05, 0) is 56.3 Å². The largest absolute Gasteiger partial charge is 0.299 e. The summed E-state index contributed by atoms with van der Waals surface area (Å²) in [6.45, 7) is 2.30. The molecule has 24 heavy (non-hydrogen) atoms. The van der Waals surface area contributed by atoms with Crippen molar-refractivity contribution >= 4 is 5.78 Å². The monoisotopic (exact) mass is 330 g/mol. The normalized spacial score (nSPS) is 31.2. The fourth-order valence-electron chi connectivity index (χ4n) is 5.60. The molecule has 1 unspecified atom stereocenters. The molecule has 1 heteroatoms. The fourth-order valence-corrected chi connectivity index (χ4v) is 5.60. The quantitative estimate of drug-likeness (QED) is 0.362. The molecule has 0 N–H and O–H groups in total. The van der Waals surface area contributed by atoms with E-state index < -0.39 is 0 Å².